The number of carbonyl (C=O) groups excluding carboxylic acids is 2. The van der Waals surface area contributed by atoms with Crippen LogP contribution in [0.25, 0.3) is 0 Å². The fourth-order valence-corrected chi connectivity index (χ4v) is 7.20. The molecule has 0 saturated carbocycles. The molecule has 2 atom stereocenters. The molecule has 4 aliphatic rings. The third-order valence-electron chi connectivity index (χ3n) is 9.66. The first-order valence-electron chi connectivity index (χ1n) is 14.9. The Morgan fingerprint density at radius 3 is 2.30 bits per heavy atom. The van der Waals surface area contributed by atoms with Crippen LogP contribution in [0.3, 0.4) is 0 Å². The van der Waals surface area contributed by atoms with Gasteiger partial charge in [0.15, 0.2) is 0 Å². The quantitative estimate of drug-likeness (QED) is 0.553. The lowest BCUT2D eigenvalue weighted by Gasteiger charge is -2.39. The lowest BCUT2D eigenvalue weighted by Crippen LogP contribution is -2.48. The van der Waals surface area contributed by atoms with E-state index in [1.165, 1.54) is 5.56 Å². The van der Waals surface area contributed by atoms with Gasteiger partial charge in [0.1, 0.15) is 5.75 Å². The summed E-state index contributed by atoms with van der Waals surface area (Å²) < 4.78 is 10.7. The number of carbonyl (C=O) groups is 2. The Labute approximate surface area is 237 Å². The maximum atomic E-state index is 13.6. The molecule has 214 valence electrons. The van der Waals surface area contributed by atoms with Crippen molar-refractivity contribution >= 4 is 11.9 Å². The average Bonchev–Trinajstić information content (AvgIpc) is 3.56. The van der Waals surface area contributed by atoms with Gasteiger partial charge in [-0.3, -0.25) is 4.79 Å². The molecule has 4 fully saturated rings. The van der Waals surface area contributed by atoms with E-state index >= 15 is 0 Å². The third-order valence-corrected chi connectivity index (χ3v) is 9.66. The predicted octanol–water partition coefficient (Wildman–Crippen LogP) is 3.68. The Morgan fingerprint density at radius 2 is 1.60 bits per heavy atom. The zero-order valence-corrected chi connectivity index (χ0v) is 23.7. The molecule has 40 heavy (non-hydrogen) atoms. The van der Waals surface area contributed by atoms with Gasteiger partial charge < -0.3 is 29.1 Å². The number of likely N-dealkylation sites (tertiary alicyclic amines) is 3. The van der Waals surface area contributed by atoms with E-state index < -0.39 is 0 Å². The van der Waals surface area contributed by atoms with E-state index in [0.717, 1.165) is 69.8 Å². The molecule has 0 N–H and O–H groups in total. The smallest absolute Gasteiger partial charge is 0.320 e. The van der Waals surface area contributed by atoms with Gasteiger partial charge in [-0.05, 0) is 61.5 Å². The van der Waals surface area contributed by atoms with Crippen LogP contribution in [0.2, 0.25) is 0 Å². The third kappa shape index (κ3) is 5.56. The van der Waals surface area contributed by atoms with Crippen molar-refractivity contribution in [2.24, 2.45) is 11.3 Å². The van der Waals surface area contributed by atoms with Crippen molar-refractivity contribution in [3.63, 3.8) is 0 Å². The summed E-state index contributed by atoms with van der Waals surface area (Å²) in [6.45, 7) is 8.49. The summed E-state index contributed by atoms with van der Waals surface area (Å²) in [5.74, 6) is 1.88. The first-order valence-corrected chi connectivity index (χ1v) is 14.9. The molecule has 0 aliphatic carbocycles. The zero-order chi connectivity index (χ0) is 27.5. The van der Waals surface area contributed by atoms with Gasteiger partial charge >= 0.3 is 6.03 Å². The van der Waals surface area contributed by atoms with E-state index in [1.54, 1.807) is 7.11 Å². The minimum atomic E-state index is -0.212. The van der Waals surface area contributed by atoms with E-state index in [4.69, 9.17) is 9.47 Å². The second-order valence-electron chi connectivity index (χ2n) is 12.0. The van der Waals surface area contributed by atoms with E-state index in [-0.39, 0.29) is 11.4 Å². The van der Waals surface area contributed by atoms with E-state index in [9.17, 15) is 9.59 Å². The molecular weight excluding hydrogens is 504 g/mol. The summed E-state index contributed by atoms with van der Waals surface area (Å²) in [5.41, 5.74) is 2.25. The normalized spacial score (nSPS) is 25.1. The fraction of sp³-hybridized carbons (Fsp3) is 0.562. The number of benzene rings is 2. The van der Waals surface area contributed by atoms with Gasteiger partial charge in [-0.2, -0.15) is 0 Å². The van der Waals surface area contributed by atoms with E-state index in [2.05, 4.69) is 57.2 Å². The van der Waals surface area contributed by atoms with Crippen molar-refractivity contribution in [3.8, 4) is 5.75 Å². The number of piperidine rings is 1. The Balaban J connectivity index is 1.07. The summed E-state index contributed by atoms with van der Waals surface area (Å²) >= 11 is 0. The number of hydrogen-bond acceptors (Lipinski definition) is 5. The van der Waals surface area contributed by atoms with Gasteiger partial charge in [0.25, 0.3) is 0 Å². The number of morpholine rings is 1. The largest absolute Gasteiger partial charge is 0.497 e. The van der Waals surface area contributed by atoms with Crippen LogP contribution in [-0.2, 0) is 16.1 Å². The van der Waals surface area contributed by atoms with E-state index in [0.29, 0.717) is 50.6 Å². The zero-order valence-electron chi connectivity index (χ0n) is 23.7. The number of methoxy groups -OCH3 is 1. The second-order valence-corrected chi connectivity index (χ2v) is 12.0. The van der Waals surface area contributed by atoms with Crippen LogP contribution >= 0.6 is 0 Å². The molecule has 2 aromatic carbocycles. The first kappa shape index (κ1) is 27.1. The van der Waals surface area contributed by atoms with Crippen molar-refractivity contribution in [2.75, 3.05) is 72.7 Å². The maximum absolute atomic E-state index is 13.6. The van der Waals surface area contributed by atoms with Crippen LogP contribution in [-0.4, -0.2) is 104 Å². The van der Waals surface area contributed by atoms with Crippen LogP contribution < -0.4 is 4.74 Å². The Morgan fingerprint density at radius 1 is 0.900 bits per heavy atom. The number of rotatable bonds is 6. The van der Waals surface area contributed by atoms with Crippen molar-refractivity contribution in [3.05, 3.63) is 65.7 Å². The Kier molecular flexibility index (Phi) is 7.98. The Hall–Kier alpha value is -3.10. The molecule has 4 heterocycles. The molecule has 0 radical (unpaired) electrons. The van der Waals surface area contributed by atoms with Crippen molar-refractivity contribution in [1.29, 1.82) is 0 Å². The average molecular weight is 547 g/mol. The van der Waals surface area contributed by atoms with Crippen LogP contribution in [0.4, 0.5) is 4.79 Å². The molecule has 4 aliphatic heterocycles. The van der Waals surface area contributed by atoms with Gasteiger partial charge in [-0.1, -0.05) is 42.5 Å². The SMILES string of the molecule is COc1ccc(CN2CCC3(CCN(CC4CN(C(=O)N5CCOCC5)CC4c4ccccc4)CC3)C2=O)cc1. The molecule has 3 amide bonds. The van der Waals surface area contributed by atoms with Gasteiger partial charge in [-0.25, -0.2) is 4.79 Å². The molecule has 6 rings (SSSR count). The minimum absolute atomic E-state index is 0.151. The molecule has 2 aromatic rings. The molecule has 0 bridgehead atoms. The highest BCUT2D eigenvalue weighted by Crippen LogP contribution is 2.43. The molecule has 1 spiro atoms. The Bertz CT molecular complexity index is 1160. The number of ether oxygens (including phenoxy) is 2. The number of nitrogens with zero attached hydrogens (tertiary/aromatic N) is 4. The summed E-state index contributed by atoms with van der Waals surface area (Å²) in [6, 6.07) is 18.9. The minimum Gasteiger partial charge on any atom is -0.497 e. The van der Waals surface area contributed by atoms with Gasteiger partial charge in [0.2, 0.25) is 5.91 Å². The summed E-state index contributed by atoms with van der Waals surface area (Å²) in [7, 11) is 1.67. The predicted molar refractivity (Wildman–Crippen MR) is 153 cm³/mol. The van der Waals surface area contributed by atoms with E-state index in [1.807, 2.05) is 17.0 Å². The summed E-state index contributed by atoms with van der Waals surface area (Å²) in [4.78, 5) is 35.6. The first-order chi connectivity index (χ1) is 19.5. The van der Waals surface area contributed by atoms with Crippen LogP contribution in [0, 0.1) is 11.3 Å². The van der Waals surface area contributed by atoms with Crippen molar-refractivity contribution in [2.45, 2.75) is 31.7 Å². The summed E-state index contributed by atoms with van der Waals surface area (Å²) in [6.07, 6.45) is 2.79. The lowest BCUT2D eigenvalue weighted by molar-refractivity contribution is -0.139. The lowest BCUT2D eigenvalue weighted by atomic mass is 9.76. The molecule has 0 aromatic heterocycles. The monoisotopic (exact) mass is 546 g/mol. The molecule has 4 saturated heterocycles. The summed E-state index contributed by atoms with van der Waals surface area (Å²) in [5, 5.41) is 0. The molecular formula is C32H42N4O4. The van der Waals surface area contributed by atoms with Gasteiger partial charge in [-0.15, -0.1) is 0 Å². The topological polar surface area (TPSA) is 65.6 Å². The highest BCUT2D eigenvalue weighted by atomic mass is 16.5. The highest BCUT2D eigenvalue weighted by Gasteiger charge is 2.48. The van der Waals surface area contributed by atoms with Crippen molar-refractivity contribution in [1.82, 2.24) is 19.6 Å². The van der Waals surface area contributed by atoms with Gasteiger partial charge in [0.05, 0.1) is 25.7 Å². The van der Waals surface area contributed by atoms with Crippen LogP contribution in [0.5, 0.6) is 5.75 Å². The number of hydrogen-bond donors (Lipinski definition) is 0. The van der Waals surface area contributed by atoms with Crippen LogP contribution in [0.15, 0.2) is 54.6 Å². The fourth-order valence-electron chi connectivity index (χ4n) is 7.20. The molecule has 8 heteroatoms. The maximum Gasteiger partial charge on any atom is 0.320 e. The standard InChI is InChI=1S/C32H42N4O4/c1-39-28-9-7-25(8-10-28)21-35-16-13-32(30(35)37)11-14-33(15-12-32)22-27-23-36(31(38)34-17-19-40-20-18-34)24-29(27)26-5-3-2-4-6-26/h2-10,27,29H,11-24H2,1H3. The second kappa shape index (κ2) is 11.8. The number of amides is 3. The van der Waals surface area contributed by atoms with Crippen molar-refractivity contribution < 1.29 is 19.1 Å². The van der Waals surface area contributed by atoms with Crippen LogP contribution in [0.1, 0.15) is 36.3 Å². The van der Waals surface area contributed by atoms with Gasteiger partial charge in [0, 0.05) is 51.7 Å². The molecule has 2 unspecified atom stereocenters. The molecule has 8 nitrogen and oxygen atoms in total. The highest BCUT2D eigenvalue weighted by molar-refractivity contribution is 5.85. The number of urea groups is 1.